The van der Waals surface area contributed by atoms with Crippen molar-refractivity contribution in [3.05, 3.63) is 41.4 Å². The van der Waals surface area contributed by atoms with Crippen LogP contribution in [0.1, 0.15) is 34.3 Å². The Morgan fingerprint density at radius 3 is 2.92 bits per heavy atom. The Labute approximate surface area is 140 Å². The Morgan fingerprint density at radius 2 is 2.21 bits per heavy atom. The second-order valence-electron chi connectivity index (χ2n) is 6.64. The van der Waals surface area contributed by atoms with Crippen molar-refractivity contribution in [1.82, 2.24) is 20.1 Å². The predicted molar refractivity (Wildman–Crippen MR) is 84.4 cm³/mol. The van der Waals surface area contributed by atoms with Crippen LogP contribution in [0.2, 0.25) is 0 Å². The van der Waals surface area contributed by atoms with Gasteiger partial charge in [0.15, 0.2) is 0 Å². The summed E-state index contributed by atoms with van der Waals surface area (Å²) in [5.74, 6) is 1.55. The van der Waals surface area contributed by atoms with Gasteiger partial charge < -0.3 is 14.1 Å². The molecule has 0 bridgehead atoms. The lowest BCUT2D eigenvalue weighted by Crippen LogP contribution is -2.32. The van der Waals surface area contributed by atoms with E-state index in [0.29, 0.717) is 36.4 Å². The maximum absolute atomic E-state index is 12.6. The lowest BCUT2D eigenvalue weighted by molar-refractivity contribution is 0.0334. The first-order valence-corrected chi connectivity index (χ1v) is 8.25. The maximum atomic E-state index is 12.6. The third kappa shape index (κ3) is 2.91. The van der Waals surface area contributed by atoms with Crippen LogP contribution in [0.4, 0.5) is 0 Å². The molecule has 0 unspecified atom stereocenters. The van der Waals surface area contributed by atoms with E-state index < -0.39 is 0 Å². The molecule has 2 aliphatic rings. The molecular formula is C17H20N4O3. The molecule has 1 amide bonds. The number of carbonyl (C=O) groups excluding carboxylic acids is 1. The van der Waals surface area contributed by atoms with Crippen molar-refractivity contribution < 1.29 is 13.9 Å². The minimum atomic E-state index is -0.0132. The Morgan fingerprint density at radius 1 is 1.33 bits per heavy atom. The van der Waals surface area contributed by atoms with Crippen LogP contribution in [0.5, 0.6) is 0 Å². The Balaban J connectivity index is 1.36. The van der Waals surface area contributed by atoms with Crippen molar-refractivity contribution in [2.45, 2.75) is 38.9 Å². The summed E-state index contributed by atoms with van der Waals surface area (Å²) in [4.78, 5) is 18.6. The van der Waals surface area contributed by atoms with E-state index in [1.807, 2.05) is 24.0 Å². The number of fused-ring (bicyclic) bond motifs is 1. The van der Waals surface area contributed by atoms with Gasteiger partial charge in [-0.05, 0) is 31.0 Å². The standard InChI is InChI=1S/C17H20N4O3/c1-10-3-4-18-14(5-10)17(22)21-8-12-6-13(24-15(12)9-21)7-16-20-19-11(2)23-16/h3-5,12-13,15H,6-9H2,1-2H3/t12-,13-,15+/m0/s1. The van der Waals surface area contributed by atoms with E-state index in [1.54, 1.807) is 13.1 Å². The maximum Gasteiger partial charge on any atom is 0.272 e. The Bertz CT molecular complexity index is 746. The first kappa shape index (κ1) is 15.3. The second-order valence-corrected chi connectivity index (χ2v) is 6.64. The molecule has 126 valence electrons. The number of aromatic nitrogens is 3. The number of pyridine rings is 1. The topological polar surface area (TPSA) is 81.4 Å². The minimum absolute atomic E-state index is 0.0132. The Hall–Kier alpha value is -2.28. The van der Waals surface area contributed by atoms with Crippen molar-refractivity contribution in [3.8, 4) is 0 Å². The van der Waals surface area contributed by atoms with E-state index >= 15 is 0 Å². The van der Waals surface area contributed by atoms with E-state index in [0.717, 1.165) is 18.5 Å². The van der Waals surface area contributed by atoms with E-state index in [4.69, 9.17) is 9.15 Å². The van der Waals surface area contributed by atoms with E-state index in [-0.39, 0.29) is 18.1 Å². The normalized spacial score (nSPS) is 25.9. The number of amides is 1. The van der Waals surface area contributed by atoms with Crippen molar-refractivity contribution in [2.24, 2.45) is 5.92 Å². The predicted octanol–water partition coefficient (Wildman–Crippen LogP) is 1.55. The van der Waals surface area contributed by atoms with Gasteiger partial charge in [-0.15, -0.1) is 10.2 Å². The van der Waals surface area contributed by atoms with E-state index in [1.165, 1.54) is 0 Å². The first-order valence-electron chi connectivity index (χ1n) is 8.25. The fraction of sp³-hybridized carbons (Fsp3) is 0.529. The van der Waals surface area contributed by atoms with Crippen molar-refractivity contribution in [1.29, 1.82) is 0 Å². The molecule has 2 fully saturated rings. The zero-order valence-electron chi connectivity index (χ0n) is 13.8. The monoisotopic (exact) mass is 328 g/mol. The van der Waals surface area contributed by atoms with Crippen LogP contribution in [0.15, 0.2) is 22.7 Å². The van der Waals surface area contributed by atoms with Crippen LogP contribution in [0.3, 0.4) is 0 Å². The van der Waals surface area contributed by atoms with Crippen LogP contribution >= 0.6 is 0 Å². The van der Waals surface area contributed by atoms with Gasteiger partial charge >= 0.3 is 0 Å². The largest absolute Gasteiger partial charge is 0.426 e. The molecule has 0 radical (unpaired) electrons. The highest BCUT2D eigenvalue weighted by Crippen LogP contribution is 2.34. The number of hydrogen-bond acceptors (Lipinski definition) is 6. The van der Waals surface area contributed by atoms with Crippen LogP contribution in [0.25, 0.3) is 0 Å². The molecule has 2 saturated heterocycles. The molecule has 0 aromatic carbocycles. The van der Waals surface area contributed by atoms with Crippen LogP contribution in [-0.2, 0) is 11.2 Å². The van der Waals surface area contributed by atoms with Gasteiger partial charge in [0.2, 0.25) is 11.8 Å². The number of carbonyl (C=O) groups is 1. The number of likely N-dealkylation sites (tertiary alicyclic amines) is 1. The fourth-order valence-corrected chi connectivity index (χ4v) is 3.59. The fourth-order valence-electron chi connectivity index (χ4n) is 3.59. The van der Waals surface area contributed by atoms with E-state index in [9.17, 15) is 4.79 Å². The average Bonchev–Trinajstić information content (AvgIpc) is 3.21. The third-order valence-corrected chi connectivity index (χ3v) is 4.71. The molecule has 4 rings (SSSR count). The molecule has 2 aromatic rings. The van der Waals surface area contributed by atoms with Gasteiger partial charge in [0.1, 0.15) is 5.69 Å². The van der Waals surface area contributed by atoms with Crippen LogP contribution < -0.4 is 0 Å². The van der Waals surface area contributed by atoms with Crippen LogP contribution in [0, 0.1) is 19.8 Å². The summed E-state index contributed by atoms with van der Waals surface area (Å²) in [5, 5.41) is 7.87. The molecule has 0 spiro atoms. The van der Waals surface area contributed by atoms with Crippen LogP contribution in [-0.4, -0.2) is 51.3 Å². The highest BCUT2D eigenvalue weighted by Gasteiger charge is 2.44. The number of ether oxygens (including phenoxy) is 1. The summed E-state index contributed by atoms with van der Waals surface area (Å²) in [7, 11) is 0. The highest BCUT2D eigenvalue weighted by molar-refractivity contribution is 5.92. The van der Waals surface area contributed by atoms with Crippen molar-refractivity contribution in [3.63, 3.8) is 0 Å². The quantitative estimate of drug-likeness (QED) is 0.850. The van der Waals surface area contributed by atoms with Gasteiger partial charge in [-0.1, -0.05) is 0 Å². The van der Waals surface area contributed by atoms with Gasteiger partial charge in [-0.25, -0.2) is 0 Å². The highest BCUT2D eigenvalue weighted by atomic mass is 16.5. The molecule has 7 nitrogen and oxygen atoms in total. The summed E-state index contributed by atoms with van der Waals surface area (Å²) in [6.07, 6.45) is 3.42. The summed E-state index contributed by atoms with van der Waals surface area (Å²) < 4.78 is 11.5. The second kappa shape index (κ2) is 5.98. The molecule has 3 atom stereocenters. The molecular weight excluding hydrogens is 308 g/mol. The van der Waals surface area contributed by atoms with Crippen molar-refractivity contribution in [2.75, 3.05) is 13.1 Å². The number of rotatable bonds is 3. The minimum Gasteiger partial charge on any atom is -0.426 e. The first-order chi connectivity index (χ1) is 11.6. The molecule has 7 heteroatoms. The van der Waals surface area contributed by atoms with Gasteiger partial charge in [0, 0.05) is 32.1 Å². The van der Waals surface area contributed by atoms with Gasteiger partial charge in [-0.3, -0.25) is 9.78 Å². The summed E-state index contributed by atoms with van der Waals surface area (Å²) >= 11 is 0. The molecule has 2 aromatic heterocycles. The number of hydrogen-bond donors (Lipinski definition) is 0. The molecule has 0 aliphatic carbocycles. The van der Waals surface area contributed by atoms with Gasteiger partial charge in [0.25, 0.3) is 5.91 Å². The lowest BCUT2D eigenvalue weighted by atomic mass is 10.0. The van der Waals surface area contributed by atoms with E-state index in [2.05, 4.69) is 15.2 Å². The van der Waals surface area contributed by atoms with Crippen molar-refractivity contribution >= 4 is 5.91 Å². The molecule has 0 saturated carbocycles. The summed E-state index contributed by atoms with van der Waals surface area (Å²) in [6, 6.07) is 3.72. The smallest absolute Gasteiger partial charge is 0.272 e. The summed E-state index contributed by atoms with van der Waals surface area (Å²) in [5.41, 5.74) is 1.55. The molecule has 2 aliphatic heterocycles. The average molecular weight is 328 g/mol. The zero-order chi connectivity index (χ0) is 16.7. The number of aryl methyl sites for hydroxylation is 2. The zero-order valence-corrected chi connectivity index (χ0v) is 13.8. The number of nitrogens with zero attached hydrogens (tertiary/aromatic N) is 4. The molecule has 0 N–H and O–H groups in total. The summed E-state index contributed by atoms with van der Waals surface area (Å²) in [6.45, 7) is 5.09. The Kier molecular flexibility index (Phi) is 3.80. The SMILES string of the molecule is Cc1ccnc(C(=O)N2C[C@@H]3C[C@@H](Cc4nnc(C)o4)O[C@@H]3C2)c1. The molecule has 24 heavy (non-hydrogen) atoms. The van der Waals surface area contributed by atoms with Gasteiger partial charge in [0.05, 0.1) is 18.6 Å². The third-order valence-electron chi connectivity index (χ3n) is 4.71. The lowest BCUT2D eigenvalue weighted by Gasteiger charge is -2.18. The molecule has 4 heterocycles. The van der Waals surface area contributed by atoms with Gasteiger partial charge in [-0.2, -0.15) is 0 Å².